The fraction of sp³-hybridized carbons (Fsp3) is 0.875. The van der Waals surface area contributed by atoms with E-state index in [2.05, 4.69) is 19.2 Å². The predicted molar refractivity (Wildman–Crippen MR) is 82.9 cm³/mol. The first kappa shape index (κ1) is 18.0. The first-order chi connectivity index (χ1) is 9.85. The molecule has 0 bridgehead atoms. The average Bonchev–Trinajstić information content (AvgIpc) is 2.43. The standard InChI is InChI=1S/C16H30N2O3/c1-6-13-14(19)17-16(5,7-2)15(20)18(13)9-11-21-10-8-12(3)4/h12-13H,6-11H2,1-5H3,(H,17,19). The van der Waals surface area contributed by atoms with Gasteiger partial charge in [-0.3, -0.25) is 9.59 Å². The molecule has 2 unspecified atom stereocenters. The van der Waals surface area contributed by atoms with Gasteiger partial charge in [0.25, 0.3) is 0 Å². The molecule has 1 aliphatic rings. The molecule has 0 aromatic rings. The van der Waals surface area contributed by atoms with Gasteiger partial charge in [-0.05, 0) is 32.1 Å². The highest BCUT2D eigenvalue weighted by molar-refractivity contribution is 5.99. The lowest BCUT2D eigenvalue weighted by molar-refractivity contribution is -0.155. The number of hydrogen-bond acceptors (Lipinski definition) is 3. The first-order valence-corrected chi connectivity index (χ1v) is 8.06. The molecular formula is C16H30N2O3. The number of nitrogens with zero attached hydrogens (tertiary/aromatic N) is 1. The Morgan fingerprint density at radius 1 is 1.29 bits per heavy atom. The van der Waals surface area contributed by atoms with Crippen molar-refractivity contribution in [3.05, 3.63) is 0 Å². The fourth-order valence-electron chi connectivity index (χ4n) is 2.50. The van der Waals surface area contributed by atoms with E-state index in [1.165, 1.54) is 0 Å². The molecule has 1 aliphatic heterocycles. The maximum Gasteiger partial charge on any atom is 0.248 e. The molecule has 1 rings (SSSR count). The molecule has 0 radical (unpaired) electrons. The van der Waals surface area contributed by atoms with E-state index in [0.29, 0.717) is 38.5 Å². The Morgan fingerprint density at radius 2 is 1.95 bits per heavy atom. The van der Waals surface area contributed by atoms with Gasteiger partial charge in [0.05, 0.1) is 6.61 Å². The van der Waals surface area contributed by atoms with Crippen LogP contribution in [0.15, 0.2) is 0 Å². The van der Waals surface area contributed by atoms with Crippen molar-refractivity contribution in [3.8, 4) is 0 Å². The van der Waals surface area contributed by atoms with Crippen molar-refractivity contribution in [2.45, 2.75) is 65.5 Å². The topological polar surface area (TPSA) is 58.6 Å². The molecule has 2 atom stereocenters. The summed E-state index contributed by atoms with van der Waals surface area (Å²) < 4.78 is 5.60. The Kier molecular flexibility index (Phi) is 6.65. The summed E-state index contributed by atoms with van der Waals surface area (Å²) in [6, 6.07) is -0.370. The van der Waals surface area contributed by atoms with Crippen LogP contribution in [0.4, 0.5) is 0 Å². The van der Waals surface area contributed by atoms with Gasteiger partial charge in [0, 0.05) is 13.2 Å². The van der Waals surface area contributed by atoms with Crippen molar-refractivity contribution in [1.82, 2.24) is 10.2 Å². The van der Waals surface area contributed by atoms with Gasteiger partial charge in [-0.1, -0.05) is 27.7 Å². The van der Waals surface area contributed by atoms with Crippen molar-refractivity contribution in [3.63, 3.8) is 0 Å². The second-order valence-corrected chi connectivity index (χ2v) is 6.39. The molecule has 5 nitrogen and oxygen atoms in total. The first-order valence-electron chi connectivity index (χ1n) is 8.06. The average molecular weight is 298 g/mol. The number of nitrogens with one attached hydrogen (secondary N) is 1. The highest BCUT2D eigenvalue weighted by atomic mass is 16.5. The minimum Gasteiger partial charge on any atom is -0.380 e. The number of piperazine rings is 1. The molecule has 122 valence electrons. The number of rotatable bonds is 8. The number of hydrogen-bond donors (Lipinski definition) is 1. The predicted octanol–water partition coefficient (Wildman–Crippen LogP) is 1.95. The molecule has 0 aromatic heterocycles. The number of amides is 2. The van der Waals surface area contributed by atoms with E-state index in [9.17, 15) is 9.59 Å². The normalized spacial score (nSPS) is 26.4. The van der Waals surface area contributed by atoms with E-state index < -0.39 is 5.54 Å². The highest BCUT2D eigenvalue weighted by Gasteiger charge is 2.45. The van der Waals surface area contributed by atoms with Gasteiger partial charge in [-0.15, -0.1) is 0 Å². The van der Waals surface area contributed by atoms with Gasteiger partial charge in [0.15, 0.2) is 0 Å². The molecule has 0 aliphatic carbocycles. The summed E-state index contributed by atoms with van der Waals surface area (Å²) in [6.07, 6.45) is 2.24. The van der Waals surface area contributed by atoms with Crippen molar-refractivity contribution in [2.75, 3.05) is 19.8 Å². The van der Waals surface area contributed by atoms with Gasteiger partial charge in [0.2, 0.25) is 11.8 Å². The Hall–Kier alpha value is -1.10. The molecule has 2 amide bonds. The van der Waals surface area contributed by atoms with Gasteiger partial charge < -0.3 is 15.0 Å². The van der Waals surface area contributed by atoms with Gasteiger partial charge >= 0.3 is 0 Å². The maximum atomic E-state index is 12.6. The van der Waals surface area contributed by atoms with Crippen LogP contribution in [0.5, 0.6) is 0 Å². The zero-order valence-corrected chi connectivity index (χ0v) is 14.1. The zero-order valence-electron chi connectivity index (χ0n) is 14.1. The Bertz CT molecular complexity index is 371. The van der Waals surface area contributed by atoms with Crippen LogP contribution in [0.3, 0.4) is 0 Å². The summed E-state index contributed by atoms with van der Waals surface area (Å²) in [5, 5.41) is 2.87. The molecular weight excluding hydrogens is 268 g/mol. The van der Waals surface area contributed by atoms with Crippen molar-refractivity contribution in [1.29, 1.82) is 0 Å². The molecule has 0 saturated carbocycles. The molecule has 1 fully saturated rings. The zero-order chi connectivity index (χ0) is 16.0. The molecule has 5 heteroatoms. The highest BCUT2D eigenvalue weighted by Crippen LogP contribution is 2.22. The Labute approximate surface area is 128 Å². The smallest absolute Gasteiger partial charge is 0.248 e. The quantitative estimate of drug-likeness (QED) is 0.697. The summed E-state index contributed by atoms with van der Waals surface area (Å²) in [5.74, 6) is 0.562. The lowest BCUT2D eigenvalue weighted by Gasteiger charge is -2.43. The van der Waals surface area contributed by atoms with Gasteiger partial charge in [-0.25, -0.2) is 0 Å². The second-order valence-electron chi connectivity index (χ2n) is 6.39. The van der Waals surface area contributed by atoms with Crippen LogP contribution >= 0.6 is 0 Å². The monoisotopic (exact) mass is 298 g/mol. The summed E-state index contributed by atoms with van der Waals surface area (Å²) in [4.78, 5) is 26.5. The van der Waals surface area contributed by atoms with Crippen LogP contribution in [0.1, 0.15) is 53.9 Å². The van der Waals surface area contributed by atoms with Crippen molar-refractivity contribution in [2.24, 2.45) is 5.92 Å². The van der Waals surface area contributed by atoms with Gasteiger partial charge in [0.1, 0.15) is 11.6 Å². The molecule has 1 saturated heterocycles. The second kappa shape index (κ2) is 7.78. The number of ether oxygens (including phenoxy) is 1. The SMILES string of the molecule is CCC1C(=O)NC(C)(CC)C(=O)N1CCOCCC(C)C. The van der Waals surface area contributed by atoms with Crippen molar-refractivity contribution < 1.29 is 14.3 Å². The van der Waals surface area contributed by atoms with E-state index in [-0.39, 0.29) is 17.9 Å². The molecule has 1 N–H and O–H groups in total. The van der Waals surface area contributed by atoms with Crippen molar-refractivity contribution >= 4 is 11.8 Å². The lowest BCUT2D eigenvalue weighted by Crippen LogP contribution is -2.69. The van der Waals surface area contributed by atoms with Crippen LogP contribution in [0.2, 0.25) is 0 Å². The molecule has 21 heavy (non-hydrogen) atoms. The molecule has 1 heterocycles. The largest absolute Gasteiger partial charge is 0.380 e. The maximum absolute atomic E-state index is 12.6. The molecule has 0 aromatic carbocycles. The van der Waals surface area contributed by atoms with E-state index >= 15 is 0 Å². The van der Waals surface area contributed by atoms with E-state index in [1.54, 1.807) is 11.8 Å². The lowest BCUT2D eigenvalue weighted by atomic mass is 9.91. The summed E-state index contributed by atoms with van der Waals surface area (Å²) in [5.41, 5.74) is -0.777. The van der Waals surface area contributed by atoms with Crippen LogP contribution in [0.25, 0.3) is 0 Å². The van der Waals surface area contributed by atoms with Crippen LogP contribution in [-0.4, -0.2) is 48.1 Å². The summed E-state index contributed by atoms with van der Waals surface area (Å²) in [6.45, 7) is 11.6. The third-order valence-corrected chi connectivity index (χ3v) is 4.22. The van der Waals surface area contributed by atoms with Crippen LogP contribution < -0.4 is 5.32 Å². The van der Waals surface area contributed by atoms with Crippen LogP contribution in [0, 0.1) is 5.92 Å². The van der Waals surface area contributed by atoms with E-state index in [0.717, 1.165) is 6.42 Å². The third kappa shape index (κ3) is 4.43. The minimum atomic E-state index is -0.777. The molecule has 0 spiro atoms. The minimum absolute atomic E-state index is 0.00362. The van der Waals surface area contributed by atoms with Crippen LogP contribution in [-0.2, 0) is 14.3 Å². The number of carbonyl (C=O) groups is 2. The Balaban J connectivity index is 2.62. The van der Waals surface area contributed by atoms with Gasteiger partial charge in [-0.2, -0.15) is 0 Å². The summed E-state index contributed by atoms with van der Waals surface area (Å²) >= 11 is 0. The summed E-state index contributed by atoms with van der Waals surface area (Å²) in [7, 11) is 0. The Morgan fingerprint density at radius 3 is 2.48 bits per heavy atom. The van der Waals surface area contributed by atoms with E-state index in [4.69, 9.17) is 4.74 Å². The van der Waals surface area contributed by atoms with E-state index in [1.807, 2.05) is 13.8 Å². The number of carbonyl (C=O) groups excluding carboxylic acids is 2. The third-order valence-electron chi connectivity index (χ3n) is 4.22. The fourth-order valence-corrected chi connectivity index (χ4v) is 2.50.